The molecule has 1 aromatic carbocycles. The lowest BCUT2D eigenvalue weighted by atomic mass is 9.94. The van der Waals surface area contributed by atoms with Crippen LogP contribution in [0.2, 0.25) is 0 Å². The molecule has 1 aromatic rings. The molecule has 0 aliphatic heterocycles. The maximum Gasteiger partial charge on any atom is 0.270 e. The third-order valence-electron chi connectivity index (χ3n) is 3.61. The Morgan fingerprint density at radius 3 is 2.45 bits per heavy atom. The summed E-state index contributed by atoms with van der Waals surface area (Å²) in [5.41, 5.74) is 4.66. The van der Waals surface area contributed by atoms with Gasteiger partial charge in [-0.3, -0.25) is 0 Å². The normalized spacial score (nSPS) is 13.8. The van der Waals surface area contributed by atoms with Crippen LogP contribution < -0.4 is 0 Å². The summed E-state index contributed by atoms with van der Waals surface area (Å²) < 4.78 is 26.9. The number of allylic oxidation sites excluding steroid dienone is 4. The second kappa shape index (κ2) is 6.83. The molecule has 0 nitrogen and oxygen atoms in total. The van der Waals surface area contributed by atoms with Crippen LogP contribution in [0, 0.1) is 6.92 Å². The smallest absolute Gasteiger partial charge is 0.202 e. The van der Waals surface area contributed by atoms with E-state index in [1.165, 1.54) is 17.2 Å². The maximum atomic E-state index is 13.4. The Kier molecular flexibility index (Phi) is 5.67. The van der Waals surface area contributed by atoms with Gasteiger partial charge in [-0.15, -0.1) is 0 Å². The molecule has 1 rings (SSSR count). The molecule has 110 valence electrons. The van der Waals surface area contributed by atoms with Crippen LogP contribution in [0.4, 0.5) is 8.78 Å². The first-order valence-corrected chi connectivity index (χ1v) is 7.08. The Labute approximate surface area is 121 Å². The topological polar surface area (TPSA) is 0 Å². The summed E-state index contributed by atoms with van der Waals surface area (Å²) in [7, 11) is 0. The molecule has 0 amide bonds. The molecule has 20 heavy (non-hydrogen) atoms. The average molecular weight is 278 g/mol. The second-order valence-corrected chi connectivity index (χ2v) is 5.37. The van der Waals surface area contributed by atoms with Gasteiger partial charge in [-0.2, -0.15) is 0 Å². The van der Waals surface area contributed by atoms with Gasteiger partial charge in [0.1, 0.15) is 0 Å². The van der Waals surface area contributed by atoms with Crippen molar-refractivity contribution in [3.05, 3.63) is 58.2 Å². The molecular weight excluding hydrogens is 254 g/mol. The first-order valence-electron chi connectivity index (χ1n) is 7.08. The highest BCUT2D eigenvalue weighted by atomic mass is 19.3. The third kappa shape index (κ3) is 4.29. The van der Waals surface area contributed by atoms with E-state index in [9.17, 15) is 8.78 Å². The molecule has 0 bridgehead atoms. The second-order valence-electron chi connectivity index (χ2n) is 5.37. The summed E-state index contributed by atoms with van der Waals surface area (Å²) in [6.07, 6.45) is 5.80. The van der Waals surface area contributed by atoms with Crippen LogP contribution in [-0.4, -0.2) is 0 Å². The lowest BCUT2D eigenvalue weighted by molar-refractivity contribution is 0.0174. The quantitative estimate of drug-likeness (QED) is 0.584. The highest BCUT2D eigenvalue weighted by Crippen LogP contribution is 2.29. The molecule has 0 spiro atoms. The third-order valence-corrected chi connectivity index (χ3v) is 3.61. The number of hydrogen-bond donors (Lipinski definition) is 0. The molecule has 0 saturated heterocycles. The van der Waals surface area contributed by atoms with Crippen LogP contribution >= 0.6 is 0 Å². The number of rotatable bonds is 5. The number of hydrogen-bond acceptors (Lipinski definition) is 0. The van der Waals surface area contributed by atoms with Gasteiger partial charge >= 0.3 is 0 Å². The van der Waals surface area contributed by atoms with Crippen molar-refractivity contribution in [2.45, 2.75) is 53.4 Å². The molecule has 0 aliphatic carbocycles. The number of halogens is 2. The van der Waals surface area contributed by atoms with E-state index in [1.807, 2.05) is 19.9 Å². The van der Waals surface area contributed by atoms with E-state index < -0.39 is 5.92 Å². The predicted molar refractivity (Wildman–Crippen MR) is 82.3 cm³/mol. The van der Waals surface area contributed by atoms with Gasteiger partial charge in [-0.25, -0.2) is 8.78 Å². The Balaban J connectivity index is 3.15. The van der Waals surface area contributed by atoms with Crippen molar-refractivity contribution < 1.29 is 8.78 Å². The van der Waals surface area contributed by atoms with Crippen molar-refractivity contribution >= 4 is 0 Å². The lowest BCUT2D eigenvalue weighted by Gasteiger charge is -2.15. The fraction of sp³-hybridized carbons (Fsp3) is 0.444. The zero-order valence-corrected chi connectivity index (χ0v) is 13.1. The van der Waals surface area contributed by atoms with Crippen molar-refractivity contribution in [1.29, 1.82) is 0 Å². The average Bonchev–Trinajstić information content (AvgIpc) is 2.37. The van der Waals surface area contributed by atoms with Crippen LogP contribution in [0.3, 0.4) is 0 Å². The van der Waals surface area contributed by atoms with E-state index in [0.717, 1.165) is 30.9 Å². The van der Waals surface area contributed by atoms with E-state index in [4.69, 9.17) is 0 Å². The Hall–Kier alpha value is -1.44. The van der Waals surface area contributed by atoms with E-state index >= 15 is 0 Å². The van der Waals surface area contributed by atoms with Gasteiger partial charge < -0.3 is 0 Å². The fourth-order valence-electron chi connectivity index (χ4n) is 2.30. The standard InChI is InChI=1S/C18H24F2/c1-6-8-15(7-2)14(4)11-16-12-17(18(5,19)20)10-9-13(16)3/h6,8-10,12H,7,11H2,1-5H3/b8-6-,15-14-. The van der Waals surface area contributed by atoms with Crippen LogP contribution in [0.1, 0.15) is 50.8 Å². The molecule has 0 unspecified atom stereocenters. The SMILES string of the molecule is C/C=C\C(CC)=C(\C)Cc1cc(C(C)(F)F)ccc1C. The summed E-state index contributed by atoms with van der Waals surface area (Å²) in [6.45, 7) is 9.10. The Morgan fingerprint density at radius 1 is 1.30 bits per heavy atom. The van der Waals surface area contributed by atoms with Gasteiger partial charge in [0.2, 0.25) is 0 Å². The molecule has 0 fully saturated rings. The van der Waals surface area contributed by atoms with Gasteiger partial charge in [-0.05, 0) is 56.4 Å². The first kappa shape index (κ1) is 16.6. The molecular formula is C18H24F2. The molecule has 2 heteroatoms. The molecule has 0 radical (unpaired) electrons. The number of alkyl halides is 2. The van der Waals surface area contributed by atoms with E-state index in [0.29, 0.717) is 0 Å². The molecule has 0 aliphatic rings. The highest BCUT2D eigenvalue weighted by molar-refractivity contribution is 5.37. The predicted octanol–water partition coefficient (Wildman–Crippen LogP) is 5.95. The van der Waals surface area contributed by atoms with Crippen molar-refractivity contribution in [3.63, 3.8) is 0 Å². The van der Waals surface area contributed by atoms with Crippen molar-refractivity contribution in [1.82, 2.24) is 0 Å². The highest BCUT2D eigenvalue weighted by Gasteiger charge is 2.24. The summed E-state index contributed by atoms with van der Waals surface area (Å²) in [5, 5.41) is 0. The van der Waals surface area contributed by atoms with Crippen molar-refractivity contribution in [2.24, 2.45) is 0 Å². The molecule has 0 atom stereocenters. The van der Waals surface area contributed by atoms with Gasteiger partial charge in [0, 0.05) is 12.5 Å². The Bertz CT molecular complexity index is 517. The summed E-state index contributed by atoms with van der Waals surface area (Å²) in [5.74, 6) is -2.78. The van der Waals surface area contributed by atoms with Crippen molar-refractivity contribution in [3.8, 4) is 0 Å². The van der Waals surface area contributed by atoms with E-state index in [2.05, 4.69) is 19.9 Å². The largest absolute Gasteiger partial charge is 0.270 e. The van der Waals surface area contributed by atoms with Crippen LogP contribution in [0.15, 0.2) is 41.5 Å². The fourth-order valence-corrected chi connectivity index (χ4v) is 2.30. The van der Waals surface area contributed by atoms with Gasteiger partial charge in [0.05, 0.1) is 0 Å². The van der Waals surface area contributed by atoms with Gasteiger partial charge in [-0.1, -0.05) is 36.8 Å². The number of benzene rings is 1. The van der Waals surface area contributed by atoms with E-state index in [-0.39, 0.29) is 5.56 Å². The van der Waals surface area contributed by atoms with Crippen LogP contribution in [0.25, 0.3) is 0 Å². The summed E-state index contributed by atoms with van der Waals surface area (Å²) in [4.78, 5) is 0. The monoisotopic (exact) mass is 278 g/mol. The van der Waals surface area contributed by atoms with E-state index in [1.54, 1.807) is 12.1 Å². The van der Waals surface area contributed by atoms with Gasteiger partial charge in [0.25, 0.3) is 5.92 Å². The van der Waals surface area contributed by atoms with Gasteiger partial charge in [0.15, 0.2) is 0 Å². The zero-order chi connectivity index (χ0) is 15.3. The minimum absolute atomic E-state index is 0.0926. The van der Waals surface area contributed by atoms with Crippen molar-refractivity contribution in [2.75, 3.05) is 0 Å². The number of aryl methyl sites for hydroxylation is 1. The minimum Gasteiger partial charge on any atom is -0.202 e. The minimum atomic E-state index is -2.78. The molecule has 0 aromatic heterocycles. The Morgan fingerprint density at radius 2 is 1.95 bits per heavy atom. The molecule has 0 heterocycles. The lowest BCUT2D eigenvalue weighted by Crippen LogP contribution is -2.08. The first-order chi connectivity index (χ1) is 9.29. The molecule has 0 N–H and O–H groups in total. The van der Waals surface area contributed by atoms with Crippen LogP contribution in [-0.2, 0) is 12.3 Å². The van der Waals surface area contributed by atoms with Crippen LogP contribution in [0.5, 0.6) is 0 Å². The molecule has 0 saturated carbocycles. The summed E-state index contributed by atoms with van der Waals surface area (Å²) >= 11 is 0. The summed E-state index contributed by atoms with van der Waals surface area (Å²) in [6, 6.07) is 4.95. The maximum absolute atomic E-state index is 13.4. The zero-order valence-electron chi connectivity index (χ0n) is 13.1.